The third kappa shape index (κ3) is 5.27. The van der Waals surface area contributed by atoms with Crippen molar-refractivity contribution in [2.45, 2.75) is 19.8 Å². The average Bonchev–Trinajstić information content (AvgIpc) is 2.25. The zero-order valence-electron chi connectivity index (χ0n) is 8.87. The van der Waals surface area contributed by atoms with Crippen molar-refractivity contribution in [3.8, 4) is 0 Å². The highest BCUT2D eigenvalue weighted by molar-refractivity contribution is 14.1. The van der Waals surface area contributed by atoms with Crippen molar-refractivity contribution < 1.29 is 4.74 Å². The highest BCUT2D eigenvalue weighted by Crippen LogP contribution is 2.11. The number of hydrogen-bond acceptors (Lipinski definition) is 4. The summed E-state index contributed by atoms with van der Waals surface area (Å²) in [6.45, 7) is 4.51. The average molecular weight is 321 g/mol. The number of halogens is 1. The van der Waals surface area contributed by atoms with Gasteiger partial charge in [0.2, 0.25) is 0 Å². The van der Waals surface area contributed by atoms with Crippen LogP contribution in [0.15, 0.2) is 12.5 Å². The summed E-state index contributed by atoms with van der Waals surface area (Å²) in [7, 11) is 0. The van der Waals surface area contributed by atoms with Gasteiger partial charge in [-0.25, -0.2) is 9.97 Å². The second-order valence-electron chi connectivity index (χ2n) is 3.11. The van der Waals surface area contributed by atoms with Crippen molar-refractivity contribution in [3.63, 3.8) is 0 Å². The number of anilines is 1. The highest BCUT2D eigenvalue weighted by Gasteiger charge is 1.98. The molecule has 0 saturated carbocycles. The van der Waals surface area contributed by atoms with Crippen LogP contribution in [-0.4, -0.2) is 29.7 Å². The predicted molar refractivity (Wildman–Crippen MR) is 69.0 cm³/mol. The van der Waals surface area contributed by atoms with E-state index in [1.54, 1.807) is 12.5 Å². The maximum Gasteiger partial charge on any atom is 0.142 e. The molecule has 1 N–H and O–H groups in total. The number of nitrogens with zero attached hydrogens (tertiary/aromatic N) is 2. The minimum Gasteiger partial charge on any atom is -0.380 e. The van der Waals surface area contributed by atoms with Crippen LogP contribution in [0, 0.1) is 3.57 Å². The van der Waals surface area contributed by atoms with Crippen LogP contribution in [0.3, 0.4) is 0 Å². The Bertz CT molecular complexity index is 283. The Kier molecular flexibility index (Phi) is 6.58. The first-order chi connectivity index (χ1) is 7.34. The molecule has 0 radical (unpaired) electrons. The molecule has 0 bridgehead atoms. The van der Waals surface area contributed by atoms with Gasteiger partial charge in [-0.1, -0.05) is 13.3 Å². The van der Waals surface area contributed by atoms with Gasteiger partial charge in [-0.2, -0.15) is 0 Å². The number of rotatable bonds is 7. The fraction of sp³-hybridized carbons (Fsp3) is 0.600. The maximum atomic E-state index is 5.43. The Hall–Kier alpha value is -0.430. The van der Waals surface area contributed by atoms with Crippen LogP contribution in [0.1, 0.15) is 19.8 Å². The first kappa shape index (κ1) is 12.6. The minimum atomic E-state index is 0.722. The Morgan fingerprint density at radius 1 is 1.47 bits per heavy atom. The fourth-order valence-electron chi connectivity index (χ4n) is 1.03. The molecule has 0 atom stereocenters. The van der Waals surface area contributed by atoms with E-state index in [-0.39, 0.29) is 0 Å². The van der Waals surface area contributed by atoms with Gasteiger partial charge in [0.1, 0.15) is 12.1 Å². The number of unbranched alkanes of at least 4 members (excludes halogenated alkanes) is 1. The Balaban J connectivity index is 2.12. The lowest BCUT2D eigenvalue weighted by molar-refractivity contribution is 0.141. The molecule has 0 aliphatic rings. The molecule has 1 heterocycles. The fourth-order valence-corrected chi connectivity index (χ4v) is 1.52. The summed E-state index contributed by atoms with van der Waals surface area (Å²) in [4.78, 5) is 8.05. The molecule has 1 aromatic heterocycles. The lowest BCUT2D eigenvalue weighted by Gasteiger charge is -2.07. The first-order valence-corrected chi connectivity index (χ1v) is 6.19. The summed E-state index contributed by atoms with van der Waals surface area (Å²) in [6, 6.07) is 0. The third-order valence-corrected chi connectivity index (χ3v) is 2.64. The van der Waals surface area contributed by atoms with E-state index in [0.29, 0.717) is 0 Å². The molecule has 1 rings (SSSR count). The van der Waals surface area contributed by atoms with E-state index in [1.807, 2.05) is 0 Å². The van der Waals surface area contributed by atoms with Crippen LogP contribution in [0.25, 0.3) is 0 Å². The van der Waals surface area contributed by atoms with E-state index in [9.17, 15) is 0 Å². The molecule has 0 spiro atoms. The zero-order chi connectivity index (χ0) is 10.9. The lowest BCUT2D eigenvalue weighted by atomic mass is 10.4. The van der Waals surface area contributed by atoms with Gasteiger partial charge in [-0.3, -0.25) is 0 Å². The quantitative estimate of drug-likeness (QED) is 0.618. The molecule has 1 aromatic rings. The van der Waals surface area contributed by atoms with Crippen molar-refractivity contribution in [1.29, 1.82) is 0 Å². The summed E-state index contributed by atoms with van der Waals surface area (Å²) in [5.74, 6) is 0.879. The van der Waals surface area contributed by atoms with E-state index in [4.69, 9.17) is 4.74 Å². The van der Waals surface area contributed by atoms with Gasteiger partial charge >= 0.3 is 0 Å². The minimum absolute atomic E-state index is 0.722. The molecule has 0 aliphatic carbocycles. The van der Waals surface area contributed by atoms with Gasteiger partial charge in [0.15, 0.2) is 0 Å². The summed E-state index contributed by atoms with van der Waals surface area (Å²) >= 11 is 2.21. The molecule has 5 heteroatoms. The lowest BCUT2D eigenvalue weighted by Crippen LogP contribution is -2.11. The molecule has 0 saturated heterocycles. The van der Waals surface area contributed by atoms with Crippen LogP contribution in [0.4, 0.5) is 5.82 Å². The van der Waals surface area contributed by atoms with Crippen LogP contribution < -0.4 is 5.32 Å². The SMILES string of the molecule is CCCCOCCNc1ncncc1I. The third-order valence-electron chi connectivity index (χ3n) is 1.85. The number of aromatic nitrogens is 2. The Labute approximate surface area is 104 Å². The van der Waals surface area contributed by atoms with E-state index >= 15 is 0 Å². The topological polar surface area (TPSA) is 47.0 Å². The van der Waals surface area contributed by atoms with E-state index in [1.165, 1.54) is 6.42 Å². The molecule has 0 unspecified atom stereocenters. The van der Waals surface area contributed by atoms with Gasteiger partial charge in [0.05, 0.1) is 10.2 Å². The van der Waals surface area contributed by atoms with Crippen molar-refractivity contribution in [2.24, 2.45) is 0 Å². The van der Waals surface area contributed by atoms with Gasteiger partial charge in [-0.15, -0.1) is 0 Å². The van der Waals surface area contributed by atoms with Crippen molar-refractivity contribution >= 4 is 28.4 Å². The predicted octanol–water partition coefficient (Wildman–Crippen LogP) is 2.31. The Morgan fingerprint density at radius 2 is 2.33 bits per heavy atom. The molecule has 84 valence electrons. The van der Waals surface area contributed by atoms with E-state index < -0.39 is 0 Å². The smallest absolute Gasteiger partial charge is 0.142 e. The molecule has 0 fully saturated rings. The van der Waals surface area contributed by atoms with Gasteiger partial charge < -0.3 is 10.1 Å². The molecular formula is C10H16IN3O. The largest absolute Gasteiger partial charge is 0.380 e. The van der Waals surface area contributed by atoms with E-state index in [2.05, 4.69) is 44.8 Å². The number of hydrogen-bond donors (Lipinski definition) is 1. The monoisotopic (exact) mass is 321 g/mol. The standard InChI is InChI=1S/C10H16IN3O/c1-2-3-5-15-6-4-13-10-9(11)7-12-8-14-10/h7-8H,2-6H2,1H3,(H,12,13,14). The maximum absolute atomic E-state index is 5.43. The summed E-state index contributed by atoms with van der Waals surface area (Å²) in [6.07, 6.45) is 5.64. The molecule has 0 amide bonds. The van der Waals surface area contributed by atoms with Gasteiger partial charge in [0, 0.05) is 19.3 Å². The second-order valence-corrected chi connectivity index (χ2v) is 4.27. The molecule has 15 heavy (non-hydrogen) atoms. The summed E-state index contributed by atoms with van der Waals surface area (Å²) in [5.41, 5.74) is 0. The highest BCUT2D eigenvalue weighted by atomic mass is 127. The zero-order valence-corrected chi connectivity index (χ0v) is 11.0. The molecular weight excluding hydrogens is 305 g/mol. The normalized spacial score (nSPS) is 10.3. The van der Waals surface area contributed by atoms with Crippen molar-refractivity contribution in [2.75, 3.05) is 25.1 Å². The van der Waals surface area contributed by atoms with Crippen LogP contribution >= 0.6 is 22.6 Å². The molecule has 0 aromatic carbocycles. The van der Waals surface area contributed by atoms with E-state index in [0.717, 1.165) is 35.6 Å². The summed E-state index contributed by atoms with van der Waals surface area (Å²) in [5, 5.41) is 3.21. The second kappa shape index (κ2) is 7.81. The van der Waals surface area contributed by atoms with Crippen molar-refractivity contribution in [1.82, 2.24) is 9.97 Å². The Morgan fingerprint density at radius 3 is 3.07 bits per heavy atom. The number of nitrogens with one attached hydrogen (secondary N) is 1. The summed E-state index contributed by atoms with van der Waals surface area (Å²) < 4.78 is 6.46. The van der Waals surface area contributed by atoms with Crippen LogP contribution in [-0.2, 0) is 4.74 Å². The van der Waals surface area contributed by atoms with Crippen LogP contribution in [0.2, 0.25) is 0 Å². The van der Waals surface area contributed by atoms with Crippen molar-refractivity contribution in [3.05, 3.63) is 16.1 Å². The molecule has 4 nitrogen and oxygen atoms in total. The van der Waals surface area contributed by atoms with Gasteiger partial charge in [-0.05, 0) is 29.0 Å². The number of ether oxygens (including phenoxy) is 1. The van der Waals surface area contributed by atoms with Gasteiger partial charge in [0.25, 0.3) is 0 Å². The first-order valence-electron chi connectivity index (χ1n) is 5.11. The molecule has 0 aliphatic heterocycles. The van der Waals surface area contributed by atoms with Crippen LogP contribution in [0.5, 0.6) is 0 Å².